The highest BCUT2D eigenvalue weighted by Crippen LogP contribution is 2.00. The number of aliphatic carboxylic acids is 1. The third-order valence-electron chi connectivity index (χ3n) is 0.343. The first kappa shape index (κ1) is 6.50. The van der Waals surface area contributed by atoms with Crippen LogP contribution in [0, 0.1) is 0 Å². The van der Waals surface area contributed by atoms with E-state index >= 15 is 0 Å². The fourth-order valence-corrected chi connectivity index (χ4v) is 0.278. The maximum Gasteiger partial charge on any atom is 0.308 e. The minimum absolute atomic E-state index is 0.151. The highest BCUT2D eigenvalue weighted by Gasteiger charge is 1.94. The summed E-state index contributed by atoms with van der Waals surface area (Å²) < 4.78 is 0. The Kier molecular flexibility index (Phi) is 2.45. The monoisotopic (exact) mass is 120 g/mol. The molecule has 0 rings (SSSR count). The number of rotatable bonds is 2. The molecule has 0 aliphatic heterocycles. The molecule has 40 valence electrons. The van der Waals surface area contributed by atoms with Gasteiger partial charge in [0.15, 0.2) is 0 Å². The van der Waals surface area contributed by atoms with E-state index in [0.717, 1.165) is 0 Å². The van der Waals surface area contributed by atoms with Gasteiger partial charge >= 0.3 is 5.97 Å². The van der Waals surface area contributed by atoms with Gasteiger partial charge in [-0.15, -0.1) is 0 Å². The molecule has 0 unspecified atom stereocenters. The minimum atomic E-state index is -0.944. The molecule has 0 heterocycles. The predicted molar refractivity (Wildman–Crippen MR) is 27.2 cm³/mol. The Morgan fingerprint density at radius 2 is 2.29 bits per heavy atom. The van der Waals surface area contributed by atoms with Gasteiger partial charge in [-0.2, -0.15) is 0 Å². The van der Waals surface area contributed by atoms with Gasteiger partial charge in [-0.1, -0.05) is 18.2 Å². The molecule has 2 nitrogen and oxygen atoms in total. The van der Waals surface area contributed by atoms with Crippen LogP contribution in [0.2, 0.25) is 0 Å². The number of halogens is 1. The van der Waals surface area contributed by atoms with E-state index in [0.29, 0.717) is 0 Å². The predicted octanol–water partition coefficient (Wildman–Crippen LogP) is 1.21. The van der Waals surface area contributed by atoms with E-state index in [1.807, 2.05) is 0 Å². The molecular formula is C4H5ClO2. The molecule has 7 heavy (non-hydrogen) atoms. The summed E-state index contributed by atoms with van der Waals surface area (Å²) in [5.41, 5.74) is 0. The summed E-state index contributed by atoms with van der Waals surface area (Å²) in [7, 11) is 0. The van der Waals surface area contributed by atoms with Crippen molar-refractivity contribution in [3.05, 3.63) is 11.6 Å². The molecule has 0 aliphatic carbocycles. The van der Waals surface area contributed by atoms with Crippen molar-refractivity contribution >= 4 is 17.6 Å². The Morgan fingerprint density at radius 1 is 1.86 bits per heavy atom. The van der Waals surface area contributed by atoms with Crippen molar-refractivity contribution in [2.75, 3.05) is 0 Å². The number of hydrogen-bond acceptors (Lipinski definition) is 1. The van der Waals surface area contributed by atoms with Crippen molar-refractivity contribution < 1.29 is 9.90 Å². The summed E-state index contributed by atoms with van der Waals surface area (Å²) in [4.78, 5) is 9.66. The van der Waals surface area contributed by atoms with Crippen LogP contribution in [0.4, 0.5) is 0 Å². The summed E-state index contributed by atoms with van der Waals surface area (Å²) in [6.45, 7) is 3.18. The van der Waals surface area contributed by atoms with Crippen LogP contribution in [0.15, 0.2) is 11.6 Å². The molecule has 3 heteroatoms. The standard InChI is InChI=1S/C4H5ClO2/c1-3(5)2-4(6)7/h1-2H2,(H,6,7). The van der Waals surface area contributed by atoms with Gasteiger partial charge in [0.05, 0.1) is 6.42 Å². The molecule has 0 bridgehead atoms. The Hall–Kier alpha value is -0.500. The first-order valence-corrected chi connectivity index (χ1v) is 2.06. The molecule has 0 aromatic rings. The molecule has 0 saturated heterocycles. The van der Waals surface area contributed by atoms with Gasteiger partial charge < -0.3 is 5.11 Å². The summed E-state index contributed by atoms with van der Waals surface area (Å²) >= 11 is 5.10. The van der Waals surface area contributed by atoms with Crippen LogP contribution in [0.1, 0.15) is 6.42 Å². The first-order chi connectivity index (χ1) is 3.13. The van der Waals surface area contributed by atoms with Crippen LogP contribution in [0.25, 0.3) is 0 Å². The Labute approximate surface area is 46.4 Å². The maximum absolute atomic E-state index is 9.66. The van der Waals surface area contributed by atoms with Gasteiger partial charge in [-0.05, 0) is 0 Å². The topological polar surface area (TPSA) is 37.3 Å². The highest BCUT2D eigenvalue weighted by atomic mass is 35.5. The van der Waals surface area contributed by atoms with Crippen molar-refractivity contribution in [3.63, 3.8) is 0 Å². The van der Waals surface area contributed by atoms with Crippen molar-refractivity contribution in [2.45, 2.75) is 6.42 Å². The van der Waals surface area contributed by atoms with E-state index in [9.17, 15) is 4.79 Å². The summed E-state index contributed by atoms with van der Waals surface area (Å²) in [5, 5.41) is 8.10. The fraction of sp³-hybridized carbons (Fsp3) is 0.250. The van der Waals surface area contributed by atoms with Crippen LogP contribution in [-0.2, 0) is 4.79 Å². The van der Waals surface area contributed by atoms with E-state index in [1.54, 1.807) is 0 Å². The number of hydrogen-bond donors (Lipinski definition) is 1. The van der Waals surface area contributed by atoms with Crippen LogP contribution in [-0.4, -0.2) is 11.1 Å². The molecule has 0 aromatic carbocycles. The van der Waals surface area contributed by atoms with E-state index < -0.39 is 5.97 Å². The lowest BCUT2D eigenvalue weighted by Crippen LogP contribution is -1.91. The third-order valence-corrected chi connectivity index (χ3v) is 0.477. The summed E-state index contributed by atoms with van der Waals surface area (Å²) in [5.74, 6) is -0.944. The second-order valence-corrected chi connectivity index (χ2v) is 1.62. The normalized spacial score (nSPS) is 8.14. The van der Waals surface area contributed by atoms with Gasteiger partial charge in [0.25, 0.3) is 0 Å². The lowest BCUT2D eigenvalue weighted by molar-refractivity contribution is -0.136. The van der Waals surface area contributed by atoms with Crippen molar-refractivity contribution in [2.24, 2.45) is 0 Å². The van der Waals surface area contributed by atoms with Crippen molar-refractivity contribution in [1.82, 2.24) is 0 Å². The molecule has 1 N–H and O–H groups in total. The molecule has 0 radical (unpaired) electrons. The summed E-state index contributed by atoms with van der Waals surface area (Å²) in [6, 6.07) is 0. The van der Waals surface area contributed by atoms with Gasteiger partial charge in [-0.3, -0.25) is 4.79 Å². The van der Waals surface area contributed by atoms with E-state index in [1.165, 1.54) is 0 Å². The quantitative estimate of drug-likeness (QED) is 0.595. The van der Waals surface area contributed by atoms with E-state index in [2.05, 4.69) is 6.58 Å². The van der Waals surface area contributed by atoms with Crippen molar-refractivity contribution in [1.29, 1.82) is 0 Å². The minimum Gasteiger partial charge on any atom is -0.481 e. The molecule has 0 fully saturated rings. The molecule has 0 amide bonds. The van der Waals surface area contributed by atoms with Crippen LogP contribution in [0.3, 0.4) is 0 Å². The van der Waals surface area contributed by atoms with Gasteiger partial charge in [-0.25, -0.2) is 0 Å². The first-order valence-electron chi connectivity index (χ1n) is 1.68. The second kappa shape index (κ2) is 2.64. The number of carbonyl (C=O) groups is 1. The number of carboxylic acids is 1. The third kappa shape index (κ3) is 5.50. The van der Waals surface area contributed by atoms with Crippen LogP contribution >= 0.6 is 11.6 Å². The molecule has 0 saturated carbocycles. The zero-order valence-electron chi connectivity index (χ0n) is 3.65. The zero-order valence-corrected chi connectivity index (χ0v) is 4.40. The van der Waals surface area contributed by atoms with Gasteiger partial charge in [0, 0.05) is 5.03 Å². The largest absolute Gasteiger partial charge is 0.481 e. The molecular weight excluding hydrogens is 115 g/mol. The Balaban J connectivity index is 3.32. The SMILES string of the molecule is C=C(Cl)CC(=O)O. The van der Waals surface area contributed by atoms with Crippen LogP contribution < -0.4 is 0 Å². The second-order valence-electron chi connectivity index (χ2n) is 1.09. The fourth-order valence-electron chi connectivity index (χ4n) is 0.164. The smallest absolute Gasteiger partial charge is 0.308 e. The Morgan fingerprint density at radius 3 is 2.29 bits per heavy atom. The highest BCUT2D eigenvalue weighted by molar-refractivity contribution is 6.30. The average Bonchev–Trinajstić information content (AvgIpc) is 1.27. The molecule has 0 aromatic heterocycles. The maximum atomic E-state index is 9.66. The lowest BCUT2D eigenvalue weighted by atomic mass is 10.4. The van der Waals surface area contributed by atoms with Gasteiger partial charge in [0.2, 0.25) is 0 Å². The van der Waals surface area contributed by atoms with Crippen molar-refractivity contribution in [3.8, 4) is 0 Å². The van der Waals surface area contributed by atoms with Crippen LogP contribution in [0.5, 0.6) is 0 Å². The van der Waals surface area contributed by atoms with Gasteiger partial charge in [0.1, 0.15) is 0 Å². The average molecular weight is 121 g/mol. The molecule has 0 aliphatic rings. The van der Waals surface area contributed by atoms with E-state index in [-0.39, 0.29) is 11.5 Å². The molecule has 0 spiro atoms. The Bertz CT molecular complexity index is 85.9. The van der Waals surface area contributed by atoms with E-state index in [4.69, 9.17) is 16.7 Å². The number of carboxylic acid groups (broad SMARTS) is 1. The molecule has 0 atom stereocenters. The zero-order chi connectivity index (χ0) is 5.86. The summed E-state index contributed by atoms with van der Waals surface area (Å²) in [6.07, 6.45) is -0.151. The lowest BCUT2D eigenvalue weighted by Gasteiger charge is -1.83.